The van der Waals surface area contributed by atoms with Crippen LogP contribution in [0.5, 0.6) is 23.0 Å². The fraction of sp³-hybridized carbons (Fsp3) is 0.138. The lowest BCUT2D eigenvalue weighted by Crippen LogP contribution is -2.40. The number of hydrogen-bond acceptors (Lipinski definition) is 8. The van der Waals surface area contributed by atoms with Crippen molar-refractivity contribution in [3.05, 3.63) is 109 Å². The molecule has 1 aliphatic rings. The lowest BCUT2D eigenvalue weighted by atomic mass is 9.94. The van der Waals surface area contributed by atoms with Crippen LogP contribution in [0, 0.1) is 0 Å². The Bertz CT molecular complexity index is 1790. The van der Waals surface area contributed by atoms with Crippen molar-refractivity contribution in [3.63, 3.8) is 0 Å². The van der Waals surface area contributed by atoms with E-state index in [0.717, 1.165) is 11.3 Å². The summed E-state index contributed by atoms with van der Waals surface area (Å²) in [5.41, 5.74) is 1.87. The van der Waals surface area contributed by atoms with Crippen molar-refractivity contribution in [2.75, 3.05) is 19.5 Å². The Balaban J connectivity index is 1.73. The molecule has 3 aromatic carbocycles. The number of fused-ring (bicyclic) bond motifs is 1. The topological polar surface area (TPSA) is 122 Å². The number of allylic oxidation sites excluding steroid dienone is 1. The molecule has 2 heterocycles. The molecule has 5 rings (SSSR count). The first-order chi connectivity index (χ1) is 18.8. The zero-order chi connectivity index (χ0) is 27.7. The molecule has 0 unspecified atom stereocenters. The summed E-state index contributed by atoms with van der Waals surface area (Å²) < 4.78 is 12.8. The maximum absolute atomic E-state index is 13.9. The molecule has 0 bridgehead atoms. The van der Waals surface area contributed by atoms with Crippen LogP contribution in [0.2, 0.25) is 0 Å². The molecule has 198 valence electrons. The maximum atomic E-state index is 13.9. The van der Waals surface area contributed by atoms with Crippen molar-refractivity contribution in [1.82, 2.24) is 4.57 Å². The Morgan fingerprint density at radius 2 is 1.82 bits per heavy atom. The first-order valence-electron chi connectivity index (χ1n) is 11.9. The molecule has 4 aromatic rings. The number of nitrogens with zero attached hydrogens (tertiary/aromatic N) is 2. The van der Waals surface area contributed by atoms with Crippen LogP contribution < -0.4 is 29.7 Å². The highest BCUT2D eigenvalue weighted by Crippen LogP contribution is 2.37. The van der Waals surface area contributed by atoms with Gasteiger partial charge in [0.25, 0.3) is 11.5 Å². The molecular formula is C29H25N3O6S. The fourth-order valence-electron chi connectivity index (χ4n) is 4.47. The second-order valence-electron chi connectivity index (χ2n) is 8.75. The van der Waals surface area contributed by atoms with E-state index in [2.05, 4.69) is 10.3 Å². The van der Waals surface area contributed by atoms with Gasteiger partial charge in [-0.2, -0.15) is 0 Å². The van der Waals surface area contributed by atoms with Gasteiger partial charge in [0, 0.05) is 28.9 Å². The highest BCUT2D eigenvalue weighted by Gasteiger charge is 2.34. The third kappa shape index (κ3) is 4.89. The third-order valence-electron chi connectivity index (χ3n) is 6.33. The normalized spacial score (nSPS) is 14.9. The molecule has 0 aliphatic carbocycles. The smallest absolute Gasteiger partial charge is 0.271 e. The van der Waals surface area contributed by atoms with Crippen LogP contribution >= 0.6 is 11.3 Å². The number of ether oxygens (including phenoxy) is 2. The summed E-state index contributed by atoms with van der Waals surface area (Å²) in [6.45, 7) is 1.73. The molecule has 0 radical (unpaired) electrons. The van der Waals surface area contributed by atoms with Crippen molar-refractivity contribution < 1.29 is 24.5 Å². The molecule has 0 saturated heterocycles. The SMILES string of the molecule is COc1ccc([C@H]2C(C(=O)Nc3ccccc3)=C(C)N=c3s/c(=C\c4ccc(O)cc4O)c(=O)n32)c(OC)c1. The largest absolute Gasteiger partial charge is 0.508 e. The van der Waals surface area contributed by atoms with Crippen LogP contribution in [0.3, 0.4) is 0 Å². The highest BCUT2D eigenvalue weighted by atomic mass is 32.1. The standard InChI is InChI=1S/C29H25N3O6S/c1-16-25(27(35)31-18-7-5-4-6-8-18)26(21-12-11-20(37-2)15-23(21)38-3)32-28(36)24(39-29(32)30-16)13-17-9-10-19(33)14-22(17)34/h4-15,26,33-34H,1-3H3,(H,31,35)/b24-13-/t26-/m0/s1. The van der Waals surface area contributed by atoms with E-state index < -0.39 is 17.5 Å². The van der Waals surface area contributed by atoms with Gasteiger partial charge in [-0.15, -0.1) is 0 Å². The molecule has 9 nitrogen and oxygen atoms in total. The molecule has 0 fully saturated rings. The zero-order valence-corrected chi connectivity index (χ0v) is 22.2. The number of carbonyl (C=O) groups is 1. The maximum Gasteiger partial charge on any atom is 0.271 e. The van der Waals surface area contributed by atoms with Gasteiger partial charge >= 0.3 is 0 Å². The predicted molar refractivity (Wildman–Crippen MR) is 148 cm³/mol. The van der Waals surface area contributed by atoms with Gasteiger partial charge in [0.2, 0.25) is 0 Å². The van der Waals surface area contributed by atoms with Gasteiger partial charge < -0.3 is 25.0 Å². The second kappa shape index (κ2) is 10.5. The van der Waals surface area contributed by atoms with E-state index in [-0.39, 0.29) is 17.1 Å². The van der Waals surface area contributed by atoms with E-state index in [1.807, 2.05) is 18.2 Å². The van der Waals surface area contributed by atoms with Crippen molar-refractivity contribution in [1.29, 1.82) is 0 Å². The van der Waals surface area contributed by atoms with Gasteiger partial charge in [0.05, 0.1) is 30.0 Å². The Kier molecular flexibility index (Phi) is 6.95. The number of phenolic OH excluding ortho intramolecular Hbond substituents is 2. The van der Waals surface area contributed by atoms with Crippen LogP contribution in [-0.2, 0) is 4.79 Å². The number of aromatic nitrogens is 1. The van der Waals surface area contributed by atoms with Gasteiger partial charge in [0.1, 0.15) is 29.0 Å². The van der Waals surface area contributed by atoms with Crippen LogP contribution in [0.15, 0.2) is 87.8 Å². The van der Waals surface area contributed by atoms with E-state index >= 15 is 0 Å². The number of carbonyl (C=O) groups excluding carboxylic acids is 1. The van der Waals surface area contributed by atoms with Crippen LogP contribution in [-0.4, -0.2) is 34.9 Å². The summed E-state index contributed by atoms with van der Waals surface area (Å²) in [5.74, 6) is 0.318. The third-order valence-corrected chi connectivity index (χ3v) is 7.32. The van der Waals surface area contributed by atoms with E-state index in [0.29, 0.717) is 43.3 Å². The quantitative estimate of drug-likeness (QED) is 0.343. The van der Waals surface area contributed by atoms with Crippen molar-refractivity contribution >= 4 is 29.0 Å². The van der Waals surface area contributed by atoms with E-state index in [1.54, 1.807) is 44.4 Å². The molecule has 1 amide bonds. The molecule has 0 spiro atoms. The summed E-state index contributed by atoms with van der Waals surface area (Å²) in [4.78, 5) is 32.6. The number of rotatable bonds is 6. The number of amides is 1. The molecule has 3 N–H and O–H groups in total. The number of phenols is 2. The summed E-state index contributed by atoms with van der Waals surface area (Å²) in [5, 5.41) is 22.8. The Morgan fingerprint density at radius 1 is 1.05 bits per heavy atom. The van der Waals surface area contributed by atoms with E-state index in [1.165, 1.54) is 36.0 Å². The second-order valence-corrected chi connectivity index (χ2v) is 9.76. The zero-order valence-electron chi connectivity index (χ0n) is 21.3. The number of thiazole rings is 1. The number of hydrogen-bond donors (Lipinski definition) is 3. The van der Waals surface area contributed by atoms with Gasteiger partial charge in [-0.1, -0.05) is 29.5 Å². The minimum Gasteiger partial charge on any atom is -0.508 e. The van der Waals surface area contributed by atoms with Crippen molar-refractivity contribution in [2.45, 2.75) is 13.0 Å². The number of benzene rings is 3. The molecule has 1 aromatic heterocycles. The van der Waals surface area contributed by atoms with Crippen molar-refractivity contribution in [3.8, 4) is 23.0 Å². The molecule has 0 saturated carbocycles. The average molecular weight is 544 g/mol. The molecule has 10 heteroatoms. The highest BCUT2D eigenvalue weighted by molar-refractivity contribution is 7.07. The van der Waals surface area contributed by atoms with Crippen LogP contribution in [0.25, 0.3) is 6.08 Å². The fourth-order valence-corrected chi connectivity index (χ4v) is 5.50. The number of para-hydroxylation sites is 1. The summed E-state index contributed by atoms with van der Waals surface area (Å²) in [7, 11) is 3.05. The van der Waals surface area contributed by atoms with Gasteiger partial charge in [0.15, 0.2) is 4.80 Å². The minimum atomic E-state index is -0.860. The summed E-state index contributed by atoms with van der Waals surface area (Å²) in [6.07, 6.45) is 1.53. The summed E-state index contributed by atoms with van der Waals surface area (Å²) >= 11 is 1.13. The molecule has 39 heavy (non-hydrogen) atoms. The van der Waals surface area contributed by atoms with E-state index in [4.69, 9.17) is 9.47 Å². The van der Waals surface area contributed by atoms with Crippen molar-refractivity contribution in [2.24, 2.45) is 4.99 Å². The Labute approximate surface area is 227 Å². The average Bonchev–Trinajstić information content (AvgIpc) is 3.23. The number of methoxy groups -OCH3 is 2. The molecule has 1 aliphatic heterocycles. The monoisotopic (exact) mass is 543 g/mol. The minimum absolute atomic E-state index is 0.0950. The van der Waals surface area contributed by atoms with Gasteiger partial charge in [-0.05, 0) is 49.4 Å². The van der Waals surface area contributed by atoms with Gasteiger partial charge in [-0.3, -0.25) is 14.2 Å². The molecular weight excluding hydrogens is 518 g/mol. The predicted octanol–water partition coefficient (Wildman–Crippen LogP) is 3.30. The van der Waals surface area contributed by atoms with Crippen LogP contribution in [0.4, 0.5) is 5.69 Å². The lowest BCUT2D eigenvalue weighted by molar-refractivity contribution is -0.113. The number of anilines is 1. The van der Waals surface area contributed by atoms with E-state index in [9.17, 15) is 19.8 Å². The summed E-state index contributed by atoms with van der Waals surface area (Å²) in [6, 6.07) is 17.5. The Hall–Kier alpha value is -4.83. The van der Waals surface area contributed by atoms with Gasteiger partial charge in [-0.25, -0.2) is 4.99 Å². The number of nitrogens with one attached hydrogen (secondary N) is 1. The molecule has 1 atom stereocenters. The first-order valence-corrected chi connectivity index (χ1v) is 12.7. The lowest BCUT2D eigenvalue weighted by Gasteiger charge is -2.26. The Morgan fingerprint density at radius 3 is 2.51 bits per heavy atom. The first kappa shape index (κ1) is 25.8. The van der Waals surface area contributed by atoms with Crippen LogP contribution in [0.1, 0.15) is 24.1 Å². The number of aromatic hydroxyl groups is 2.